The van der Waals surface area contributed by atoms with Crippen LogP contribution in [0.3, 0.4) is 0 Å². The highest BCUT2D eigenvalue weighted by Gasteiger charge is 2.41. The molecule has 1 saturated heterocycles. The molecule has 1 aliphatic heterocycles. The van der Waals surface area contributed by atoms with E-state index < -0.39 is 30.3 Å². The Morgan fingerprint density at radius 1 is 1.24 bits per heavy atom. The molecule has 1 atom stereocenters. The molecule has 1 aromatic rings. The van der Waals surface area contributed by atoms with Gasteiger partial charge < -0.3 is 10.2 Å². The van der Waals surface area contributed by atoms with Crippen LogP contribution in [0.4, 0.5) is 0 Å². The van der Waals surface area contributed by atoms with Crippen molar-refractivity contribution in [3.05, 3.63) is 40.3 Å². The molecule has 0 aromatic heterocycles. The van der Waals surface area contributed by atoms with Crippen LogP contribution < -0.4 is 0 Å². The quantitative estimate of drug-likeness (QED) is 0.579. The number of carboxylic acid groups (broad SMARTS) is 2. The van der Waals surface area contributed by atoms with Gasteiger partial charge in [0.05, 0.1) is 11.3 Å². The van der Waals surface area contributed by atoms with Crippen molar-refractivity contribution < 1.29 is 24.6 Å². The number of hydrogen-bond acceptors (Lipinski definition) is 5. The van der Waals surface area contributed by atoms with Gasteiger partial charge in [-0.2, -0.15) is 0 Å². The lowest BCUT2D eigenvalue weighted by Crippen LogP contribution is -2.45. The second-order valence-corrected chi connectivity index (χ2v) is 7.50. The van der Waals surface area contributed by atoms with Crippen molar-refractivity contribution >= 4 is 52.2 Å². The third kappa shape index (κ3) is 4.46. The molecule has 25 heavy (non-hydrogen) atoms. The summed E-state index contributed by atoms with van der Waals surface area (Å²) in [5.41, 5.74) is 1.95. The second-order valence-electron chi connectivity index (χ2n) is 5.82. The van der Waals surface area contributed by atoms with E-state index in [2.05, 4.69) is 13.8 Å². The Hall–Kier alpha value is -2.19. The van der Waals surface area contributed by atoms with Crippen LogP contribution in [0.15, 0.2) is 29.2 Å². The average Bonchev–Trinajstić information content (AvgIpc) is 2.79. The maximum absolute atomic E-state index is 12.5. The lowest BCUT2D eigenvalue weighted by atomic mass is 10.0. The Balaban J connectivity index is 2.27. The predicted molar refractivity (Wildman–Crippen MR) is 99.2 cm³/mol. The van der Waals surface area contributed by atoms with Gasteiger partial charge in [0.15, 0.2) is 0 Å². The number of carboxylic acids is 2. The normalized spacial score (nSPS) is 17.4. The fraction of sp³-hybridized carbons (Fsp3) is 0.294. The Bertz CT molecular complexity index is 755. The van der Waals surface area contributed by atoms with E-state index in [0.29, 0.717) is 5.92 Å². The molecule has 132 valence electrons. The summed E-state index contributed by atoms with van der Waals surface area (Å²) in [6, 6.07) is 6.14. The van der Waals surface area contributed by atoms with Gasteiger partial charge in [-0.05, 0) is 23.1 Å². The zero-order valence-corrected chi connectivity index (χ0v) is 15.3. The first kappa shape index (κ1) is 19.1. The number of aliphatic carboxylic acids is 2. The molecule has 1 aliphatic rings. The summed E-state index contributed by atoms with van der Waals surface area (Å²) in [6.45, 7) is 4.16. The zero-order chi connectivity index (χ0) is 18.7. The molecule has 2 rings (SSSR count). The van der Waals surface area contributed by atoms with Crippen molar-refractivity contribution in [2.75, 3.05) is 0 Å². The van der Waals surface area contributed by atoms with Gasteiger partial charge in [0, 0.05) is 0 Å². The largest absolute Gasteiger partial charge is 0.481 e. The third-order valence-corrected chi connectivity index (χ3v) is 5.02. The third-order valence-electron chi connectivity index (χ3n) is 3.69. The Labute approximate surface area is 154 Å². The number of carbonyl (C=O) groups is 3. The van der Waals surface area contributed by atoms with Gasteiger partial charge >= 0.3 is 11.9 Å². The first-order chi connectivity index (χ1) is 11.7. The fourth-order valence-corrected chi connectivity index (χ4v) is 3.69. The summed E-state index contributed by atoms with van der Waals surface area (Å²) in [6.07, 6.45) is 0.918. The maximum Gasteiger partial charge on any atom is 0.327 e. The van der Waals surface area contributed by atoms with Crippen molar-refractivity contribution in [3.8, 4) is 0 Å². The van der Waals surface area contributed by atoms with Gasteiger partial charge in [-0.25, -0.2) is 4.79 Å². The second kappa shape index (κ2) is 7.79. The lowest BCUT2D eigenvalue weighted by Gasteiger charge is -2.21. The van der Waals surface area contributed by atoms with Gasteiger partial charge in [0.1, 0.15) is 10.4 Å². The van der Waals surface area contributed by atoms with Crippen molar-refractivity contribution in [2.24, 2.45) is 0 Å². The van der Waals surface area contributed by atoms with Gasteiger partial charge in [-0.1, -0.05) is 62.1 Å². The summed E-state index contributed by atoms with van der Waals surface area (Å²) in [5.74, 6) is -2.91. The van der Waals surface area contributed by atoms with E-state index in [4.69, 9.17) is 17.3 Å². The number of carbonyl (C=O) groups excluding carboxylic acids is 1. The number of thioether (sulfide) groups is 1. The molecule has 2 N–H and O–H groups in total. The van der Waals surface area contributed by atoms with E-state index in [0.717, 1.165) is 27.8 Å². The number of amides is 1. The predicted octanol–water partition coefficient (Wildman–Crippen LogP) is 2.94. The lowest BCUT2D eigenvalue weighted by molar-refractivity contribution is -0.150. The topological polar surface area (TPSA) is 94.9 Å². The van der Waals surface area contributed by atoms with Gasteiger partial charge in [0.25, 0.3) is 5.91 Å². The molecule has 1 aromatic carbocycles. The number of hydrogen-bond donors (Lipinski definition) is 2. The summed E-state index contributed by atoms with van der Waals surface area (Å²) in [7, 11) is 0. The van der Waals surface area contributed by atoms with Crippen LogP contribution in [0.25, 0.3) is 6.08 Å². The van der Waals surface area contributed by atoms with Crippen molar-refractivity contribution in [3.63, 3.8) is 0 Å². The molecule has 8 heteroatoms. The molecule has 0 spiro atoms. The molecule has 0 saturated carbocycles. The van der Waals surface area contributed by atoms with E-state index in [1.807, 2.05) is 24.3 Å². The van der Waals surface area contributed by atoms with Crippen molar-refractivity contribution in [2.45, 2.75) is 32.2 Å². The number of thiocarbonyl (C=S) groups is 1. The molecular formula is C17H17NO5S2. The molecule has 0 bridgehead atoms. The minimum atomic E-state index is -1.51. The Kier molecular flexibility index (Phi) is 5.97. The fourth-order valence-electron chi connectivity index (χ4n) is 2.33. The minimum absolute atomic E-state index is 0.0451. The molecule has 6 nitrogen and oxygen atoms in total. The van der Waals surface area contributed by atoms with Gasteiger partial charge in [-0.15, -0.1) is 0 Å². The van der Waals surface area contributed by atoms with Crippen LogP contribution >= 0.6 is 24.0 Å². The molecule has 1 fully saturated rings. The molecule has 1 heterocycles. The van der Waals surface area contributed by atoms with Crippen LogP contribution in [0.5, 0.6) is 0 Å². The first-order valence-electron chi connectivity index (χ1n) is 7.52. The Morgan fingerprint density at radius 3 is 2.32 bits per heavy atom. The van der Waals surface area contributed by atoms with Crippen LogP contribution in [0.2, 0.25) is 0 Å². The molecule has 1 unspecified atom stereocenters. The first-order valence-corrected chi connectivity index (χ1v) is 8.74. The molecular weight excluding hydrogens is 362 g/mol. The SMILES string of the molecule is CC(C)c1ccc(/C=C2\SC(=S)N(C(CC(=O)O)C(=O)O)C2=O)cc1. The van der Waals surface area contributed by atoms with Crippen molar-refractivity contribution in [1.29, 1.82) is 0 Å². The number of benzene rings is 1. The van der Waals surface area contributed by atoms with E-state index >= 15 is 0 Å². The molecule has 1 amide bonds. The monoisotopic (exact) mass is 379 g/mol. The van der Waals surface area contributed by atoms with Crippen LogP contribution in [-0.4, -0.2) is 43.3 Å². The summed E-state index contributed by atoms with van der Waals surface area (Å²) in [4.78, 5) is 35.9. The summed E-state index contributed by atoms with van der Waals surface area (Å²) >= 11 is 6.06. The van der Waals surface area contributed by atoms with E-state index in [9.17, 15) is 19.5 Å². The van der Waals surface area contributed by atoms with Crippen LogP contribution in [-0.2, 0) is 14.4 Å². The summed E-state index contributed by atoms with van der Waals surface area (Å²) in [5, 5.41) is 18.1. The number of nitrogens with zero attached hydrogens (tertiary/aromatic N) is 1. The highest BCUT2D eigenvalue weighted by atomic mass is 32.2. The van der Waals surface area contributed by atoms with Crippen LogP contribution in [0.1, 0.15) is 37.3 Å². The highest BCUT2D eigenvalue weighted by molar-refractivity contribution is 8.26. The minimum Gasteiger partial charge on any atom is -0.481 e. The smallest absolute Gasteiger partial charge is 0.327 e. The van der Waals surface area contributed by atoms with Crippen LogP contribution in [0, 0.1) is 0 Å². The number of rotatable bonds is 6. The van der Waals surface area contributed by atoms with E-state index in [1.165, 1.54) is 0 Å². The van der Waals surface area contributed by atoms with E-state index in [1.54, 1.807) is 6.08 Å². The zero-order valence-electron chi connectivity index (χ0n) is 13.6. The summed E-state index contributed by atoms with van der Waals surface area (Å²) < 4.78 is 0.0451. The molecule has 0 radical (unpaired) electrons. The highest BCUT2D eigenvalue weighted by Crippen LogP contribution is 2.34. The standard InChI is InChI=1S/C17H17NO5S2/c1-9(2)11-5-3-10(4-6-11)7-13-15(21)18(17(24)25-13)12(16(22)23)8-14(19)20/h3-7,9,12H,8H2,1-2H3,(H,19,20)(H,22,23)/b13-7-. The van der Waals surface area contributed by atoms with Crippen molar-refractivity contribution in [1.82, 2.24) is 4.90 Å². The van der Waals surface area contributed by atoms with Gasteiger partial charge in [-0.3, -0.25) is 14.5 Å². The van der Waals surface area contributed by atoms with Gasteiger partial charge in [0.2, 0.25) is 0 Å². The average molecular weight is 379 g/mol. The Morgan fingerprint density at radius 2 is 1.84 bits per heavy atom. The maximum atomic E-state index is 12.5. The van der Waals surface area contributed by atoms with E-state index in [-0.39, 0.29) is 9.23 Å². The molecule has 0 aliphatic carbocycles.